The molecule has 0 saturated carbocycles. The first-order valence-electron chi connectivity index (χ1n) is 0. The summed E-state index contributed by atoms with van der Waals surface area (Å²) in [6.07, 6.45) is 0. The van der Waals surface area contributed by atoms with Crippen molar-refractivity contribution in [3.05, 3.63) is 0 Å². The van der Waals surface area contributed by atoms with Gasteiger partial charge in [-0.15, -0.1) is 0 Å². The van der Waals surface area contributed by atoms with E-state index >= 15 is 0 Å². The topological polar surface area (TPSA) is 0 Å². The minimum atomic E-state index is 0. The van der Waals surface area contributed by atoms with Gasteiger partial charge in [0.25, 0.3) is 0 Å². The molecule has 0 saturated heterocycles. The summed E-state index contributed by atoms with van der Waals surface area (Å²) in [6.45, 7) is 0. The van der Waals surface area contributed by atoms with Crippen molar-refractivity contribution >= 4 is 0 Å². The molecule has 0 aromatic rings. The van der Waals surface area contributed by atoms with Gasteiger partial charge in [0.05, 0.1) is 0 Å². The molecule has 0 aliphatic rings. The van der Waals surface area contributed by atoms with Crippen LogP contribution in [0.25, 0.3) is 0 Å². The molecule has 0 aromatic carbocycles. The average molecular weight is 597 g/mol. The molecule has 0 atom stereocenters. The second-order valence-corrected chi connectivity index (χ2v) is 0. The van der Waals surface area contributed by atoms with Crippen molar-refractivity contribution in [3.63, 3.8) is 0 Å². The molecule has 3 radical (unpaired) electrons. The molecule has 0 aromatic heterocycles. The summed E-state index contributed by atoms with van der Waals surface area (Å²) in [5.41, 5.74) is 0. The minimum absolute atomic E-state index is 0. The molecule has 0 bridgehead atoms. The Balaban J connectivity index is 0. The second kappa shape index (κ2) is 44.4. The van der Waals surface area contributed by atoms with E-state index in [1.807, 2.05) is 0 Å². The number of rotatable bonds is 0. The molecule has 0 unspecified atom stereocenters. The van der Waals surface area contributed by atoms with Crippen LogP contribution >= 0.6 is 0 Å². The van der Waals surface area contributed by atoms with E-state index in [9.17, 15) is 0 Å². The first-order valence-corrected chi connectivity index (χ1v) is 0. The standard InChI is InChI=1S/Ce.Cu.Fe.Mn.Ti.V.W. The monoisotopic (exact) mass is 597 g/mol. The Morgan fingerprint density at radius 2 is 1.00 bits per heavy atom. The zero-order valence-electron chi connectivity index (χ0n) is 2.89. The second-order valence-electron chi connectivity index (χ2n) is 0. The summed E-state index contributed by atoms with van der Waals surface area (Å²) in [5.74, 6) is 0. The quantitative estimate of drug-likeness (QED) is 0.345. The van der Waals surface area contributed by atoms with Crippen LogP contribution in [-0.4, -0.2) is 0 Å². The Morgan fingerprint density at radius 1 is 1.00 bits per heavy atom. The molecule has 0 spiro atoms. The first kappa shape index (κ1) is 58.7. The fourth-order valence-corrected chi connectivity index (χ4v) is 0. The SMILES string of the molecule is [Ce].[Cu].[Fe].[Mn].[Ti].[V].[W]. The molecule has 0 aliphatic carbocycles. The molecule has 7 heavy (non-hydrogen) atoms. The average Bonchev–Trinajstić information content (AvgIpc) is 0. The van der Waals surface area contributed by atoms with E-state index in [0.29, 0.717) is 0 Å². The molecule has 0 fully saturated rings. The van der Waals surface area contributed by atoms with Gasteiger partial charge in [-0.25, -0.2) is 0 Å². The zero-order chi connectivity index (χ0) is 0. The third kappa shape index (κ3) is 35.9. The molecule has 0 N–H and O–H groups in total. The van der Waals surface area contributed by atoms with Crippen LogP contribution in [0, 0.1) is 41.7 Å². The van der Waals surface area contributed by atoms with Gasteiger partial charge in [0.1, 0.15) is 0 Å². The Bertz CT molecular complexity index is 19.7. The summed E-state index contributed by atoms with van der Waals surface area (Å²) >= 11 is 0. The molecule has 0 rings (SSSR count). The first-order chi connectivity index (χ1) is 0. The van der Waals surface area contributed by atoms with Gasteiger partial charge in [-0.1, -0.05) is 0 Å². The summed E-state index contributed by atoms with van der Waals surface area (Å²) in [4.78, 5) is 0. The van der Waals surface area contributed by atoms with Gasteiger partial charge in [-0.2, -0.15) is 0 Å². The number of hydrogen-bond acceptors (Lipinski definition) is 0. The van der Waals surface area contributed by atoms with Crippen LogP contribution in [0.5, 0.6) is 0 Å². The normalized spacial score (nSPS) is 0. The fourth-order valence-electron chi connectivity index (χ4n) is 0. The predicted octanol–water partition coefficient (Wildman–Crippen LogP) is -0.0150. The molecule has 0 nitrogen and oxygen atoms in total. The van der Waals surface area contributed by atoms with E-state index < -0.39 is 0 Å². The van der Waals surface area contributed by atoms with Crippen LogP contribution in [0.1, 0.15) is 0 Å². The molecule has 45 valence electrons. The van der Waals surface area contributed by atoms with Crippen LogP contribution in [-0.2, 0) is 113 Å². The summed E-state index contributed by atoms with van der Waals surface area (Å²) in [6, 6.07) is 0. The van der Waals surface area contributed by atoms with Gasteiger partial charge in [-0.3, -0.25) is 0 Å². The Labute approximate surface area is 150 Å². The van der Waals surface area contributed by atoms with Crippen LogP contribution < -0.4 is 0 Å². The zero-order valence-corrected chi connectivity index (χ0v) is 15.1. The smallest absolute Gasteiger partial charge is 0 e. The van der Waals surface area contributed by atoms with E-state index in [1.54, 1.807) is 0 Å². The van der Waals surface area contributed by atoms with E-state index in [1.165, 1.54) is 0 Å². The third-order valence-electron chi connectivity index (χ3n) is 0. The summed E-state index contributed by atoms with van der Waals surface area (Å²) in [5, 5.41) is 0. The van der Waals surface area contributed by atoms with Gasteiger partial charge in [0.15, 0.2) is 0 Å². The van der Waals surface area contributed by atoms with Crippen LogP contribution in [0.3, 0.4) is 0 Å². The van der Waals surface area contributed by atoms with E-state index in [0.717, 1.165) is 0 Å². The van der Waals surface area contributed by atoms with Crippen molar-refractivity contribution in [1.82, 2.24) is 0 Å². The number of hydrogen-bond donors (Lipinski definition) is 0. The van der Waals surface area contributed by atoms with Crippen molar-refractivity contribution in [2.24, 2.45) is 0 Å². The Hall–Kier alpha value is 4.92. The summed E-state index contributed by atoms with van der Waals surface area (Å²) < 4.78 is 0. The van der Waals surface area contributed by atoms with Gasteiger partial charge in [0, 0.05) is 154 Å². The molecule has 0 amide bonds. The molecular formula is CeCuFeMnTiVW. The molecular weight excluding hydrogens is 597 g/mol. The molecule has 0 heterocycles. The van der Waals surface area contributed by atoms with Crippen LogP contribution in [0.4, 0.5) is 0 Å². The maximum absolute atomic E-state index is 0. The van der Waals surface area contributed by atoms with Crippen molar-refractivity contribution in [3.8, 4) is 0 Å². The van der Waals surface area contributed by atoms with Gasteiger partial charge in [-0.05, 0) is 0 Å². The van der Waals surface area contributed by atoms with Gasteiger partial charge >= 0.3 is 0 Å². The van der Waals surface area contributed by atoms with Crippen molar-refractivity contribution in [1.29, 1.82) is 0 Å². The predicted molar refractivity (Wildman–Crippen MR) is 0 cm³/mol. The van der Waals surface area contributed by atoms with Crippen LogP contribution in [0.2, 0.25) is 0 Å². The van der Waals surface area contributed by atoms with Crippen molar-refractivity contribution in [2.75, 3.05) is 0 Å². The van der Waals surface area contributed by atoms with Gasteiger partial charge < -0.3 is 0 Å². The maximum Gasteiger partial charge on any atom is 0 e. The Morgan fingerprint density at radius 3 is 1.00 bits per heavy atom. The van der Waals surface area contributed by atoms with E-state index in [-0.39, 0.29) is 154 Å². The minimum Gasteiger partial charge on any atom is 0 e. The molecule has 0 aliphatic heterocycles. The fraction of sp³-hybridized carbons (Fsp3) is 0. The third-order valence-corrected chi connectivity index (χ3v) is 0. The van der Waals surface area contributed by atoms with Crippen molar-refractivity contribution in [2.45, 2.75) is 0 Å². The molecule has 7 heteroatoms. The van der Waals surface area contributed by atoms with Crippen LogP contribution in [0.15, 0.2) is 0 Å². The Kier molecular flexibility index (Phi) is 372. The van der Waals surface area contributed by atoms with E-state index in [2.05, 4.69) is 0 Å². The van der Waals surface area contributed by atoms with E-state index in [4.69, 9.17) is 0 Å². The van der Waals surface area contributed by atoms with Crippen molar-refractivity contribution < 1.29 is 154 Å². The summed E-state index contributed by atoms with van der Waals surface area (Å²) in [7, 11) is 0. The largest absolute Gasteiger partial charge is 0 e. The maximum atomic E-state index is 0. The van der Waals surface area contributed by atoms with Gasteiger partial charge in [0.2, 0.25) is 0 Å².